The van der Waals surface area contributed by atoms with E-state index in [-0.39, 0.29) is 12.4 Å². The van der Waals surface area contributed by atoms with Gasteiger partial charge in [0.05, 0.1) is 18.0 Å². The number of aromatic nitrogens is 2. The molecule has 5 nitrogen and oxygen atoms in total. The van der Waals surface area contributed by atoms with Gasteiger partial charge in [0.2, 0.25) is 0 Å². The van der Waals surface area contributed by atoms with E-state index < -0.39 is 0 Å². The summed E-state index contributed by atoms with van der Waals surface area (Å²) in [6.07, 6.45) is 2.35. The lowest BCUT2D eigenvalue weighted by molar-refractivity contribution is 0.0658. The van der Waals surface area contributed by atoms with Crippen LogP contribution in [0.3, 0.4) is 0 Å². The number of hydrogen-bond acceptors (Lipinski definition) is 4. The van der Waals surface area contributed by atoms with Crippen LogP contribution in [0.15, 0.2) is 48.7 Å². The van der Waals surface area contributed by atoms with Gasteiger partial charge in [-0.15, -0.1) is 0 Å². The van der Waals surface area contributed by atoms with E-state index in [0.29, 0.717) is 18.8 Å². The van der Waals surface area contributed by atoms with Crippen molar-refractivity contribution in [2.45, 2.75) is 13.0 Å². The van der Waals surface area contributed by atoms with Crippen LogP contribution in [-0.4, -0.2) is 22.4 Å². The summed E-state index contributed by atoms with van der Waals surface area (Å²) in [4.78, 5) is 19.8. The molecule has 0 unspecified atom stereocenters. The standard InChI is InChI=1S/C19H17N3O2/c20-17-9-13(6-7-21-17)19-14(8-12-4-2-1-3-5-12)18-15(22-19)10-24-11-16(18)23/h1-7,9,22H,8,10-11H2,(H2,20,21). The van der Waals surface area contributed by atoms with Crippen LogP contribution >= 0.6 is 0 Å². The van der Waals surface area contributed by atoms with Crippen molar-refractivity contribution in [2.24, 2.45) is 0 Å². The van der Waals surface area contributed by atoms with Crippen molar-refractivity contribution >= 4 is 11.6 Å². The van der Waals surface area contributed by atoms with Gasteiger partial charge in [0.25, 0.3) is 0 Å². The van der Waals surface area contributed by atoms with E-state index in [9.17, 15) is 4.79 Å². The summed E-state index contributed by atoms with van der Waals surface area (Å²) >= 11 is 0. The van der Waals surface area contributed by atoms with Crippen molar-refractivity contribution in [3.8, 4) is 11.3 Å². The quantitative estimate of drug-likeness (QED) is 0.777. The number of nitrogen functional groups attached to an aromatic ring is 1. The van der Waals surface area contributed by atoms with Crippen molar-refractivity contribution in [3.05, 3.63) is 71.0 Å². The molecular weight excluding hydrogens is 302 g/mol. The smallest absolute Gasteiger partial charge is 0.190 e. The third-order valence-electron chi connectivity index (χ3n) is 4.23. The molecule has 0 radical (unpaired) electrons. The van der Waals surface area contributed by atoms with Crippen LogP contribution in [0, 0.1) is 0 Å². The van der Waals surface area contributed by atoms with E-state index in [1.165, 1.54) is 0 Å². The number of fused-ring (bicyclic) bond motifs is 1. The highest BCUT2D eigenvalue weighted by Crippen LogP contribution is 2.33. The fourth-order valence-corrected chi connectivity index (χ4v) is 3.19. The Morgan fingerprint density at radius 2 is 2.00 bits per heavy atom. The van der Waals surface area contributed by atoms with Crippen LogP contribution in [0.5, 0.6) is 0 Å². The predicted octanol–water partition coefficient (Wildman–Crippen LogP) is 2.96. The molecule has 0 saturated heterocycles. The molecule has 4 rings (SSSR count). The Bertz CT molecular complexity index is 900. The SMILES string of the molecule is Nc1cc(-c2[nH]c3c(c2Cc2ccccc2)C(=O)COC3)ccn1. The van der Waals surface area contributed by atoms with Crippen molar-refractivity contribution in [2.75, 3.05) is 12.3 Å². The number of ketones is 1. The van der Waals surface area contributed by atoms with Gasteiger partial charge in [-0.25, -0.2) is 4.98 Å². The number of nitrogens with one attached hydrogen (secondary N) is 1. The molecule has 120 valence electrons. The molecule has 3 N–H and O–H groups in total. The van der Waals surface area contributed by atoms with Crippen LogP contribution in [0.25, 0.3) is 11.3 Å². The fraction of sp³-hybridized carbons (Fsp3) is 0.158. The number of carbonyl (C=O) groups is 1. The Morgan fingerprint density at radius 3 is 2.79 bits per heavy atom. The van der Waals surface area contributed by atoms with Gasteiger partial charge in [-0.2, -0.15) is 0 Å². The monoisotopic (exact) mass is 319 g/mol. The van der Waals surface area contributed by atoms with Crippen molar-refractivity contribution in [1.82, 2.24) is 9.97 Å². The number of Topliss-reactive ketones (excluding diaryl/α,β-unsaturated/α-hetero) is 1. The van der Waals surface area contributed by atoms with Gasteiger partial charge in [-0.05, 0) is 23.3 Å². The van der Waals surface area contributed by atoms with Gasteiger partial charge in [0.1, 0.15) is 12.4 Å². The summed E-state index contributed by atoms with van der Waals surface area (Å²) in [5, 5.41) is 0. The lowest BCUT2D eigenvalue weighted by Crippen LogP contribution is -2.18. The van der Waals surface area contributed by atoms with Crippen molar-refractivity contribution in [3.63, 3.8) is 0 Å². The third-order valence-corrected chi connectivity index (χ3v) is 4.23. The maximum absolute atomic E-state index is 12.4. The first-order valence-corrected chi connectivity index (χ1v) is 7.83. The topological polar surface area (TPSA) is 81.0 Å². The first-order valence-electron chi connectivity index (χ1n) is 7.83. The number of nitrogens with zero attached hydrogens (tertiary/aromatic N) is 1. The van der Waals surface area contributed by atoms with Gasteiger partial charge in [-0.1, -0.05) is 30.3 Å². The number of aromatic amines is 1. The Balaban J connectivity index is 1.88. The molecule has 0 spiro atoms. The molecule has 1 aliphatic rings. The summed E-state index contributed by atoms with van der Waals surface area (Å²) in [5.74, 6) is 0.472. The van der Waals surface area contributed by atoms with E-state index in [4.69, 9.17) is 10.5 Å². The number of hydrogen-bond donors (Lipinski definition) is 2. The molecule has 0 fully saturated rings. The Kier molecular flexibility index (Phi) is 3.63. The summed E-state index contributed by atoms with van der Waals surface area (Å²) in [7, 11) is 0. The normalized spacial score (nSPS) is 13.8. The Hall–Kier alpha value is -2.92. The van der Waals surface area contributed by atoms with Crippen molar-refractivity contribution in [1.29, 1.82) is 0 Å². The van der Waals surface area contributed by atoms with Gasteiger partial charge in [0, 0.05) is 23.7 Å². The molecule has 3 heterocycles. The van der Waals surface area contributed by atoms with Crippen molar-refractivity contribution < 1.29 is 9.53 Å². The fourth-order valence-electron chi connectivity index (χ4n) is 3.19. The zero-order valence-corrected chi connectivity index (χ0v) is 13.1. The highest BCUT2D eigenvalue weighted by molar-refractivity contribution is 6.02. The predicted molar refractivity (Wildman–Crippen MR) is 91.7 cm³/mol. The summed E-state index contributed by atoms with van der Waals surface area (Å²) in [6, 6.07) is 13.8. The average molecular weight is 319 g/mol. The summed E-state index contributed by atoms with van der Waals surface area (Å²) < 4.78 is 5.37. The van der Waals surface area contributed by atoms with Crippen LogP contribution < -0.4 is 5.73 Å². The Labute approximate surface area is 139 Å². The molecule has 24 heavy (non-hydrogen) atoms. The number of anilines is 1. The van der Waals surface area contributed by atoms with Gasteiger partial charge >= 0.3 is 0 Å². The molecule has 0 atom stereocenters. The zero-order valence-electron chi connectivity index (χ0n) is 13.1. The summed E-state index contributed by atoms with van der Waals surface area (Å²) in [5.41, 5.74) is 11.4. The third kappa shape index (κ3) is 2.59. The van der Waals surface area contributed by atoms with E-state index in [0.717, 1.165) is 33.6 Å². The number of H-pyrrole nitrogens is 1. The Morgan fingerprint density at radius 1 is 1.17 bits per heavy atom. The lowest BCUT2D eigenvalue weighted by atomic mass is 9.95. The number of pyridine rings is 1. The van der Waals surface area contributed by atoms with Crippen LogP contribution in [0.1, 0.15) is 27.2 Å². The molecule has 0 bridgehead atoms. The van der Waals surface area contributed by atoms with E-state index in [1.54, 1.807) is 6.20 Å². The molecule has 0 amide bonds. The van der Waals surface area contributed by atoms with E-state index >= 15 is 0 Å². The molecule has 5 heteroatoms. The lowest BCUT2D eigenvalue weighted by Gasteiger charge is -2.13. The molecule has 2 aromatic heterocycles. The molecule has 1 aromatic carbocycles. The maximum Gasteiger partial charge on any atom is 0.190 e. The van der Waals surface area contributed by atoms with E-state index in [1.807, 2.05) is 30.3 Å². The molecule has 1 aliphatic heterocycles. The van der Waals surface area contributed by atoms with Crippen LogP contribution in [-0.2, 0) is 17.8 Å². The minimum atomic E-state index is 0.0201. The summed E-state index contributed by atoms with van der Waals surface area (Å²) in [6.45, 7) is 0.550. The molecule has 3 aromatic rings. The molecule has 0 aliphatic carbocycles. The highest BCUT2D eigenvalue weighted by Gasteiger charge is 2.27. The van der Waals surface area contributed by atoms with E-state index in [2.05, 4.69) is 22.1 Å². The first kappa shape index (κ1) is 14.7. The number of carbonyl (C=O) groups excluding carboxylic acids is 1. The second kappa shape index (κ2) is 5.94. The number of nitrogens with two attached hydrogens (primary N) is 1. The highest BCUT2D eigenvalue weighted by atomic mass is 16.5. The first-order chi connectivity index (χ1) is 11.7. The number of ether oxygens (including phenoxy) is 1. The minimum absolute atomic E-state index is 0.0201. The van der Waals surface area contributed by atoms with Gasteiger partial charge in [0.15, 0.2) is 5.78 Å². The molecule has 0 saturated carbocycles. The maximum atomic E-state index is 12.4. The van der Waals surface area contributed by atoms with Gasteiger partial charge in [-0.3, -0.25) is 4.79 Å². The van der Waals surface area contributed by atoms with Gasteiger partial charge < -0.3 is 15.5 Å². The molecular formula is C19H17N3O2. The second-order valence-electron chi connectivity index (χ2n) is 5.88. The largest absolute Gasteiger partial charge is 0.384 e. The number of rotatable bonds is 3. The minimum Gasteiger partial charge on any atom is -0.384 e. The zero-order chi connectivity index (χ0) is 16.5. The van der Waals surface area contributed by atoms with Crippen LogP contribution in [0.4, 0.5) is 5.82 Å². The van der Waals surface area contributed by atoms with Crippen LogP contribution in [0.2, 0.25) is 0 Å². The number of benzene rings is 1. The average Bonchev–Trinajstić information content (AvgIpc) is 2.96. The second-order valence-corrected chi connectivity index (χ2v) is 5.88.